The molecular weight excluding hydrogens is 238 g/mol. The summed E-state index contributed by atoms with van der Waals surface area (Å²) in [5, 5.41) is 9.16. The SMILES string of the molecule is Cc1cc(CO)ccc1N(C(=O)C(C)(C)C)C(C)C. The van der Waals surface area contributed by atoms with Crippen LogP contribution in [0.2, 0.25) is 0 Å². The maximum absolute atomic E-state index is 12.6. The highest BCUT2D eigenvalue weighted by Crippen LogP contribution is 2.28. The van der Waals surface area contributed by atoms with Crippen LogP contribution >= 0.6 is 0 Å². The number of carbonyl (C=O) groups excluding carboxylic acids is 1. The van der Waals surface area contributed by atoms with Crippen LogP contribution in [-0.2, 0) is 11.4 Å². The summed E-state index contributed by atoms with van der Waals surface area (Å²) in [6.07, 6.45) is 0. The summed E-state index contributed by atoms with van der Waals surface area (Å²) >= 11 is 0. The third-order valence-electron chi connectivity index (χ3n) is 3.08. The van der Waals surface area contributed by atoms with Crippen molar-refractivity contribution in [3.05, 3.63) is 29.3 Å². The van der Waals surface area contributed by atoms with Crippen LogP contribution in [0.25, 0.3) is 0 Å². The van der Waals surface area contributed by atoms with Gasteiger partial charge in [-0.1, -0.05) is 32.9 Å². The lowest BCUT2D eigenvalue weighted by Gasteiger charge is -2.34. The predicted octanol–water partition coefficient (Wildman–Crippen LogP) is 3.27. The van der Waals surface area contributed by atoms with E-state index in [1.165, 1.54) is 0 Å². The van der Waals surface area contributed by atoms with E-state index < -0.39 is 5.41 Å². The lowest BCUT2D eigenvalue weighted by atomic mass is 9.93. The monoisotopic (exact) mass is 263 g/mol. The zero-order valence-electron chi connectivity index (χ0n) is 12.8. The van der Waals surface area contributed by atoms with Gasteiger partial charge in [-0.15, -0.1) is 0 Å². The second-order valence-electron chi connectivity index (χ2n) is 6.30. The highest BCUT2D eigenvalue weighted by molar-refractivity contribution is 5.98. The van der Waals surface area contributed by atoms with Gasteiger partial charge in [0.2, 0.25) is 5.91 Å². The Balaban J connectivity index is 3.25. The van der Waals surface area contributed by atoms with E-state index in [0.29, 0.717) is 0 Å². The molecule has 3 heteroatoms. The second kappa shape index (κ2) is 5.74. The van der Waals surface area contributed by atoms with Gasteiger partial charge >= 0.3 is 0 Å². The lowest BCUT2D eigenvalue weighted by molar-refractivity contribution is -0.126. The average molecular weight is 263 g/mol. The first-order valence-electron chi connectivity index (χ1n) is 6.72. The number of benzene rings is 1. The molecule has 0 heterocycles. The van der Waals surface area contributed by atoms with E-state index in [4.69, 9.17) is 5.11 Å². The van der Waals surface area contributed by atoms with Crippen LogP contribution in [0, 0.1) is 12.3 Å². The minimum Gasteiger partial charge on any atom is -0.392 e. The number of hydrogen-bond donors (Lipinski definition) is 1. The van der Waals surface area contributed by atoms with Crippen LogP contribution in [0.3, 0.4) is 0 Å². The molecule has 1 aromatic rings. The molecule has 0 bridgehead atoms. The van der Waals surface area contributed by atoms with Gasteiger partial charge in [0.05, 0.1) is 6.61 Å². The van der Waals surface area contributed by atoms with E-state index in [-0.39, 0.29) is 18.6 Å². The molecular formula is C16H25NO2. The van der Waals surface area contributed by atoms with Crippen LogP contribution in [-0.4, -0.2) is 17.1 Å². The number of aliphatic hydroxyl groups excluding tert-OH is 1. The smallest absolute Gasteiger partial charge is 0.232 e. The summed E-state index contributed by atoms with van der Waals surface area (Å²) in [4.78, 5) is 14.4. The fraction of sp³-hybridized carbons (Fsp3) is 0.562. The van der Waals surface area contributed by atoms with E-state index in [1.54, 1.807) is 0 Å². The standard InChI is InChI=1S/C16H25NO2/c1-11(2)17(15(19)16(4,5)6)14-8-7-13(10-18)9-12(14)3/h7-9,11,18H,10H2,1-6H3. The Bertz CT molecular complexity index is 458. The highest BCUT2D eigenvalue weighted by Gasteiger charge is 2.30. The van der Waals surface area contributed by atoms with Crippen molar-refractivity contribution in [2.24, 2.45) is 5.41 Å². The number of anilines is 1. The third-order valence-corrected chi connectivity index (χ3v) is 3.08. The summed E-state index contributed by atoms with van der Waals surface area (Å²) < 4.78 is 0. The zero-order chi connectivity index (χ0) is 14.8. The lowest BCUT2D eigenvalue weighted by Crippen LogP contribution is -2.44. The van der Waals surface area contributed by atoms with Gasteiger partial charge in [-0.05, 0) is 38.0 Å². The number of aryl methyl sites for hydroxylation is 1. The van der Waals surface area contributed by atoms with Crippen LogP contribution in [0.5, 0.6) is 0 Å². The molecule has 0 aromatic heterocycles. The molecule has 0 saturated carbocycles. The number of aliphatic hydroxyl groups is 1. The molecule has 0 aliphatic carbocycles. The first-order chi connectivity index (χ1) is 8.68. The van der Waals surface area contributed by atoms with E-state index in [1.807, 2.05) is 64.6 Å². The van der Waals surface area contributed by atoms with Crippen molar-refractivity contribution in [3.8, 4) is 0 Å². The number of carbonyl (C=O) groups is 1. The summed E-state index contributed by atoms with van der Waals surface area (Å²) in [6, 6.07) is 5.82. The predicted molar refractivity (Wildman–Crippen MR) is 79.2 cm³/mol. The molecule has 0 fully saturated rings. The van der Waals surface area contributed by atoms with Crippen molar-refractivity contribution in [2.45, 2.75) is 54.2 Å². The van der Waals surface area contributed by atoms with Gasteiger partial charge in [-0.3, -0.25) is 4.79 Å². The van der Waals surface area contributed by atoms with Gasteiger partial charge in [-0.25, -0.2) is 0 Å². The molecule has 19 heavy (non-hydrogen) atoms. The number of rotatable bonds is 3. The maximum Gasteiger partial charge on any atom is 0.232 e. The Morgan fingerprint density at radius 3 is 2.26 bits per heavy atom. The molecule has 106 valence electrons. The van der Waals surface area contributed by atoms with Crippen molar-refractivity contribution >= 4 is 11.6 Å². The van der Waals surface area contributed by atoms with Gasteiger partial charge < -0.3 is 10.0 Å². The van der Waals surface area contributed by atoms with Gasteiger partial charge in [0.25, 0.3) is 0 Å². The Hall–Kier alpha value is -1.35. The molecule has 0 saturated heterocycles. The molecule has 1 rings (SSSR count). The Morgan fingerprint density at radius 1 is 1.32 bits per heavy atom. The number of nitrogens with zero attached hydrogens (tertiary/aromatic N) is 1. The minimum absolute atomic E-state index is 0.0238. The van der Waals surface area contributed by atoms with E-state index in [2.05, 4.69) is 0 Å². The summed E-state index contributed by atoms with van der Waals surface area (Å²) in [5.74, 6) is 0.113. The average Bonchev–Trinajstić information content (AvgIpc) is 2.29. The van der Waals surface area contributed by atoms with Gasteiger partial charge in [-0.2, -0.15) is 0 Å². The van der Waals surface area contributed by atoms with Gasteiger partial charge in [0.1, 0.15) is 0 Å². The Morgan fingerprint density at radius 2 is 1.89 bits per heavy atom. The normalized spacial score (nSPS) is 11.8. The maximum atomic E-state index is 12.6. The van der Waals surface area contributed by atoms with Crippen LogP contribution in [0.4, 0.5) is 5.69 Å². The Kier molecular flexibility index (Phi) is 4.75. The zero-order valence-corrected chi connectivity index (χ0v) is 12.8. The molecule has 3 nitrogen and oxygen atoms in total. The summed E-state index contributed by atoms with van der Waals surface area (Å²) in [5.41, 5.74) is 2.39. The summed E-state index contributed by atoms with van der Waals surface area (Å²) in [7, 11) is 0. The van der Waals surface area contributed by atoms with Gasteiger partial charge in [0.15, 0.2) is 0 Å². The van der Waals surface area contributed by atoms with Crippen molar-refractivity contribution in [2.75, 3.05) is 4.90 Å². The second-order valence-corrected chi connectivity index (χ2v) is 6.30. The van der Waals surface area contributed by atoms with E-state index >= 15 is 0 Å². The third kappa shape index (κ3) is 3.57. The van der Waals surface area contributed by atoms with Gasteiger partial charge in [0, 0.05) is 17.1 Å². The number of amides is 1. The van der Waals surface area contributed by atoms with Crippen LogP contribution < -0.4 is 4.90 Å². The van der Waals surface area contributed by atoms with Crippen LogP contribution in [0.15, 0.2) is 18.2 Å². The molecule has 0 spiro atoms. The molecule has 0 unspecified atom stereocenters. The minimum atomic E-state index is -0.410. The van der Waals surface area contributed by atoms with Crippen LogP contribution in [0.1, 0.15) is 45.7 Å². The molecule has 0 atom stereocenters. The van der Waals surface area contributed by atoms with Crippen molar-refractivity contribution < 1.29 is 9.90 Å². The fourth-order valence-electron chi connectivity index (χ4n) is 2.07. The molecule has 1 N–H and O–H groups in total. The summed E-state index contributed by atoms with van der Waals surface area (Å²) in [6.45, 7) is 11.8. The molecule has 1 amide bonds. The van der Waals surface area contributed by atoms with Crippen molar-refractivity contribution in [1.29, 1.82) is 0 Å². The van der Waals surface area contributed by atoms with E-state index in [9.17, 15) is 4.79 Å². The quantitative estimate of drug-likeness (QED) is 0.909. The molecule has 0 aliphatic heterocycles. The highest BCUT2D eigenvalue weighted by atomic mass is 16.3. The van der Waals surface area contributed by atoms with E-state index in [0.717, 1.165) is 16.8 Å². The topological polar surface area (TPSA) is 40.5 Å². The number of hydrogen-bond acceptors (Lipinski definition) is 2. The van der Waals surface area contributed by atoms with Crippen molar-refractivity contribution in [3.63, 3.8) is 0 Å². The molecule has 1 aromatic carbocycles. The van der Waals surface area contributed by atoms with Crippen molar-refractivity contribution in [1.82, 2.24) is 0 Å². The largest absolute Gasteiger partial charge is 0.392 e. The first kappa shape index (κ1) is 15.7. The fourth-order valence-corrected chi connectivity index (χ4v) is 2.07. The Labute approximate surface area is 116 Å². The molecule has 0 aliphatic rings. The molecule has 0 radical (unpaired) electrons. The first-order valence-corrected chi connectivity index (χ1v) is 6.72.